The minimum atomic E-state index is -2.23. The van der Waals surface area contributed by atoms with Gasteiger partial charge in [0.25, 0.3) is 5.79 Å². The Balaban J connectivity index is -0.000000298. The first-order valence-electron chi connectivity index (χ1n) is 7.78. The van der Waals surface area contributed by atoms with Crippen LogP contribution in [0.15, 0.2) is 0 Å². The molecular weight excluding hydrogens is 459 g/mol. The molecule has 2 aliphatic heterocycles. The molecule has 15 N–H and O–H groups in total. The largest absolute Gasteiger partial charge is 0.412 e. The Morgan fingerprint density at radius 2 is 1.40 bits per heavy atom. The van der Waals surface area contributed by atoms with Crippen molar-refractivity contribution in [1.82, 2.24) is 10.6 Å². The normalized spacial score (nSPS) is 41.1. The summed E-state index contributed by atoms with van der Waals surface area (Å²) >= 11 is 0. The smallest absolute Gasteiger partial charge is 0.280 e. The van der Waals surface area contributed by atoms with Crippen LogP contribution in [0.1, 0.15) is 13.3 Å². The summed E-state index contributed by atoms with van der Waals surface area (Å²) in [6.07, 6.45) is -5.58. The van der Waals surface area contributed by atoms with Crippen LogP contribution in [0.4, 0.5) is 0 Å². The van der Waals surface area contributed by atoms with Crippen molar-refractivity contribution in [3.8, 4) is 0 Å². The van der Waals surface area contributed by atoms with Crippen LogP contribution in [-0.2, 0) is 19.0 Å². The van der Waals surface area contributed by atoms with E-state index >= 15 is 0 Å². The predicted octanol–water partition coefficient (Wildman–Crippen LogP) is -6.21. The number of carbonyl (C=O) groups is 1. The predicted molar refractivity (Wildman–Crippen MR) is 109 cm³/mol. The lowest BCUT2D eigenvalue weighted by Crippen LogP contribution is -2.77. The Bertz CT molecular complexity index is 496. The summed E-state index contributed by atoms with van der Waals surface area (Å²) < 4.78 is 16.8. The number of hydrogen-bond acceptors (Lipinski definition) is 9. The Kier molecular flexibility index (Phi) is 19.7. The summed E-state index contributed by atoms with van der Waals surface area (Å²) in [6.45, 7) is 1.70. The molecule has 0 radical (unpaired) electrons. The van der Waals surface area contributed by atoms with Crippen LogP contribution in [-0.4, -0.2) is 117 Å². The maximum atomic E-state index is 12.2. The average molecular weight is 495 g/mol. The molecule has 30 heavy (non-hydrogen) atoms. The highest BCUT2D eigenvalue weighted by molar-refractivity contribution is 5.87. The first-order chi connectivity index (χ1) is 10.8. The molecule has 1 saturated carbocycles. The van der Waals surface area contributed by atoms with Gasteiger partial charge in [0.15, 0.2) is 5.78 Å². The van der Waals surface area contributed by atoms with Gasteiger partial charge in [0, 0.05) is 6.42 Å². The molecule has 0 spiro atoms. The number of ether oxygens (including phenoxy) is 3. The van der Waals surface area contributed by atoms with Crippen molar-refractivity contribution in [3.63, 3.8) is 0 Å². The summed E-state index contributed by atoms with van der Waals surface area (Å²) in [7, 11) is 3.24. The Morgan fingerprint density at radius 3 is 1.87 bits per heavy atom. The van der Waals surface area contributed by atoms with Crippen LogP contribution in [0.3, 0.4) is 0 Å². The molecule has 3 aliphatic rings. The molecule has 9 atom stereocenters. The second-order valence-electron chi connectivity index (χ2n) is 6.40. The number of Topliss-reactive ketones (excluding diaryl/α,β-unsaturated/α-hetero) is 1. The van der Waals surface area contributed by atoms with E-state index in [9.17, 15) is 20.1 Å². The molecule has 3 rings (SSSR count). The van der Waals surface area contributed by atoms with Crippen molar-refractivity contribution in [2.45, 2.75) is 68.0 Å². The zero-order chi connectivity index (χ0) is 16.9. The van der Waals surface area contributed by atoms with Crippen LogP contribution < -0.4 is 10.6 Å². The first kappa shape index (κ1) is 40.1. The molecular formula is C14H36Cl2N2O12. The van der Waals surface area contributed by atoms with E-state index in [1.54, 1.807) is 21.0 Å². The van der Waals surface area contributed by atoms with Crippen molar-refractivity contribution >= 4 is 30.6 Å². The van der Waals surface area contributed by atoms with E-state index in [-0.39, 0.29) is 58.6 Å². The summed E-state index contributed by atoms with van der Waals surface area (Å²) in [6, 6.07) is -1.29. The number of aliphatic hydroxyl groups excluding tert-OH is 2. The molecule has 1 aliphatic carbocycles. The molecule has 0 aromatic carbocycles. The Labute approximate surface area is 185 Å². The highest BCUT2D eigenvalue weighted by Gasteiger charge is 2.63. The Morgan fingerprint density at radius 1 is 0.900 bits per heavy atom. The average Bonchev–Trinajstić information content (AvgIpc) is 2.49. The van der Waals surface area contributed by atoms with Gasteiger partial charge in [-0.1, -0.05) is 0 Å². The Hall–Kier alpha value is -0.270. The number of likely N-dealkylation sites (N-methyl/N-ethyl adjacent to an activating group) is 2. The van der Waals surface area contributed by atoms with Gasteiger partial charge in [0.1, 0.15) is 18.3 Å². The third-order valence-electron chi connectivity index (χ3n) is 4.93. The fraction of sp³-hybridized carbons (Fsp3) is 0.929. The summed E-state index contributed by atoms with van der Waals surface area (Å²) in [5, 5.41) is 37.2. The van der Waals surface area contributed by atoms with E-state index in [0.717, 1.165) is 0 Å². The minimum absolute atomic E-state index is 0. The van der Waals surface area contributed by atoms with Crippen molar-refractivity contribution in [2.24, 2.45) is 0 Å². The number of ketones is 1. The molecule has 188 valence electrons. The maximum Gasteiger partial charge on any atom is 0.280 e. The fourth-order valence-corrected chi connectivity index (χ4v) is 3.68. The van der Waals surface area contributed by atoms with Crippen LogP contribution in [0.5, 0.6) is 0 Å². The van der Waals surface area contributed by atoms with E-state index in [1.807, 2.05) is 0 Å². The topological polar surface area (TPSA) is 287 Å². The third-order valence-corrected chi connectivity index (χ3v) is 4.93. The lowest BCUT2D eigenvalue weighted by molar-refractivity contribution is -0.420. The van der Waals surface area contributed by atoms with Crippen molar-refractivity contribution in [1.29, 1.82) is 0 Å². The highest BCUT2D eigenvalue weighted by atomic mass is 35.5. The fourth-order valence-electron chi connectivity index (χ4n) is 3.68. The van der Waals surface area contributed by atoms with Crippen molar-refractivity contribution in [2.75, 3.05) is 14.1 Å². The van der Waals surface area contributed by atoms with Gasteiger partial charge in [0.05, 0.1) is 24.3 Å². The molecule has 16 heteroatoms. The molecule has 3 fully saturated rings. The van der Waals surface area contributed by atoms with Gasteiger partial charge in [-0.25, -0.2) is 0 Å². The molecule has 2 saturated heterocycles. The van der Waals surface area contributed by atoms with Gasteiger partial charge in [-0.2, -0.15) is 0 Å². The molecule has 0 unspecified atom stereocenters. The summed E-state index contributed by atoms with van der Waals surface area (Å²) in [4.78, 5) is 12.2. The molecule has 0 aromatic heterocycles. The van der Waals surface area contributed by atoms with Gasteiger partial charge >= 0.3 is 0 Å². The van der Waals surface area contributed by atoms with Crippen molar-refractivity contribution < 1.29 is 61.7 Å². The van der Waals surface area contributed by atoms with Gasteiger partial charge in [-0.3, -0.25) is 4.79 Å². The third kappa shape index (κ3) is 6.16. The van der Waals surface area contributed by atoms with Gasteiger partial charge < -0.3 is 67.5 Å². The molecule has 0 amide bonds. The van der Waals surface area contributed by atoms with E-state index in [4.69, 9.17) is 14.2 Å². The molecule has 0 aromatic rings. The standard InChI is InChI=1S/C14H24N2O7.2ClH.5H2O/c1-5-4-6(17)14(20)13(21-5)22-12-10(19)7(15-2)9(18)8(16-3)11(12)23-14;;;;;;;/h5,7-13,15-16,18-20H,4H2,1-3H3;2*1H;5*1H2/t5-,7-,8+,9+,10+,11+,12-,13-,14+;;;;;;;/m1......./s1. The van der Waals surface area contributed by atoms with Crippen LogP contribution >= 0.6 is 24.8 Å². The molecule has 0 bridgehead atoms. The summed E-state index contributed by atoms with van der Waals surface area (Å²) in [5.41, 5.74) is 0. The lowest BCUT2D eigenvalue weighted by Gasteiger charge is -2.55. The molecule has 14 nitrogen and oxygen atoms in total. The number of aliphatic hydroxyl groups is 3. The minimum Gasteiger partial charge on any atom is -0.412 e. The highest BCUT2D eigenvalue weighted by Crippen LogP contribution is 2.40. The van der Waals surface area contributed by atoms with Crippen molar-refractivity contribution in [3.05, 3.63) is 0 Å². The lowest BCUT2D eigenvalue weighted by atomic mass is 9.80. The van der Waals surface area contributed by atoms with Gasteiger partial charge in [0.2, 0.25) is 6.29 Å². The zero-order valence-corrected chi connectivity index (χ0v) is 18.3. The molecule has 2 heterocycles. The van der Waals surface area contributed by atoms with E-state index < -0.39 is 60.5 Å². The van der Waals surface area contributed by atoms with Crippen LogP contribution in [0.2, 0.25) is 0 Å². The second kappa shape index (κ2) is 14.7. The van der Waals surface area contributed by atoms with E-state index in [1.165, 1.54) is 0 Å². The number of halogens is 2. The number of rotatable bonds is 2. The summed E-state index contributed by atoms with van der Waals surface area (Å²) in [5.74, 6) is -2.76. The number of nitrogens with one attached hydrogen (secondary N) is 2. The number of carbonyl (C=O) groups excluding carboxylic acids is 1. The van der Waals surface area contributed by atoms with Crippen LogP contribution in [0.25, 0.3) is 0 Å². The van der Waals surface area contributed by atoms with Gasteiger partial charge in [-0.05, 0) is 21.0 Å². The van der Waals surface area contributed by atoms with E-state index in [0.29, 0.717) is 0 Å². The number of fused-ring (bicyclic) bond motifs is 2. The first-order valence-corrected chi connectivity index (χ1v) is 7.78. The van der Waals surface area contributed by atoms with Gasteiger partial charge in [-0.15, -0.1) is 24.8 Å². The maximum absolute atomic E-state index is 12.2. The monoisotopic (exact) mass is 494 g/mol. The zero-order valence-electron chi connectivity index (χ0n) is 16.6. The SMILES string of the molecule is CN[C@@H]1[C@H](O)[C@H](NC)[C@@H]2O[C@@]3(O)C(=O)C[C@@H](C)O[C@@H]3O[C@@H]2[C@H]1O.Cl.Cl.O.O.O.O.O. The van der Waals surface area contributed by atoms with Crippen LogP contribution in [0, 0.1) is 0 Å². The second-order valence-corrected chi connectivity index (χ2v) is 6.40. The number of hydrogen-bond donors (Lipinski definition) is 5. The quantitative estimate of drug-likeness (QED) is 0.243. The van der Waals surface area contributed by atoms with E-state index in [2.05, 4.69) is 10.6 Å².